The number of hydrogen-bond acceptors (Lipinski definition) is 3. The molecule has 1 atom stereocenters. The summed E-state index contributed by atoms with van der Waals surface area (Å²) in [5.74, 6) is 0.642. The zero-order chi connectivity index (χ0) is 18.2. The van der Waals surface area contributed by atoms with E-state index in [2.05, 4.69) is 11.8 Å². The van der Waals surface area contributed by atoms with Crippen LogP contribution >= 0.6 is 0 Å². The van der Waals surface area contributed by atoms with E-state index in [9.17, 15) is 9.59 Å². The van der Waals surface area contributed by atoms with E-state index >= 15 is 0 Å². The Bertz CT molecular complexity index is 433. The second-order valence-electron chi connectivity index (χ2n) is 8.08. The van der Waals surface area contributed by atoms with Crippen LogP contribution in [0.3, 0.4) is 0 Å². The standard InChI is InChI=1S/C20H36N2O3/c1-3-4-6-16-8-10-17(11-9-16)20(25)22-13-5-7-18(12-14-22)21(2)15-19(23)24/h16-18H,3-15H2,1-2H3,(H,23,24). The zero-order valence-corrected chi connectivity index (χ0v) is 16.1. The van der Waals surface area contributed by atoms with Crippen molar-refractivity contribution in [2.45, 2.75) is 77.2 Å². The third-order valence-electron chi connectivity index (χ3n) is 6.18. The highest BCUT2D eigenvalue weighted by Gasteiger charge is 2.31. The minimum absolute atomic E-state index is 0.0837. The number of nitrogens with zero attached hydrogens (tertiary/aromatic N) is 2. The number of unbranched alkanes of at least 4 members (excludes halogenated alkanes) is 1. The second kappa shape index (κ2) is 10.1. The molecular weight excluding hydrogens is 316 g/mol. The largest absolute Gasteiger partial charge is 0.480 e. The molecule has 25 heavy (non-hydrogen) atoms. The topological polar surface area (TPSA) is 60.9 Å². The summed E-state index contributed by atoms with van der Waals surface area (Å²) < 4.78 is 0. The number of likely N-dealkylation sites (tertiary alicyclic amines) is 1. The summed E-state index contributed by atoms with van der Waals surface area (Å²) in [4.78, 5) is 27.8. The van der Waals surface area contributed by atoms with Gasteiger partial charge in [0.15, 0.2) is 0 Å². The molecule has 0 aromatic rings. The molecule has 1 unspecified atom stereocenters. The summed E-state index contributed by atoms with van der Waals surface area (Å²) in [6.45, 7) is 3.95. The lowest BCUT2D eigenvalue weighted by atomic mass is 9.79. The molecule has 144 valence electrons. The molecule has 0 radical (unpaired) electrons. The van der Waals surface area contributed by atoms with Gasteiger partial charge >= 0.3 is 5.97 Å². The first-order valence-corrected chi connectivity index (χ1v) is 10.2. The van der Waals surface area contributed by atoms with Gasteiger partial charge < -0.3 is 10.0 Å². The number of hydrogen-bond donors (Lipinski definition) is 1. The molecule has 1 saturated carbocycles. The van der Waals surface area contributed by atoms with E-state index in [1.54, 1.807) is 0 Å². The van der Waals surface area contributed by atoms with Gasteiger partial charge in [-0.15, -0.1) is 0 Å². The number of carbonyl (C=O) groups excluding carboxylic acids is 1. The van der Waals surface area contributed by atoms with E-state index in [0.717, 1.165) is 51.1 Å². The van der Waals surface area contributed by atoms with Crippen molar-refractivity contribution in [3.8, 4) is 0 Å². The van der Waals surface area contributed by atoms with Gasteiger partial charge in [0.1, 0.15) is 0 Å². The van der Waals surface area contributed by atoms with Gasteiger partial charge in [-0.1, -0.05) is 26.2 Å². The maximum Gasteiger partial charge on any atom is 0.317 e. The average Bonchev–Trinajstić information content (AvgIpc) is 2.85. The molecule has 2 aliphatic rings. The van der Waals surface area contributed by atoms with Gasteiger partial charge in [-0.25, -0.2) is 0 Å². The van der Waals surface area contributed by atoms with Crippen LogP contribution in [-0.2, 0) is 9.59 Å². The van der Waals surface area contributed by atoms with E-state index in [1.807, 2.05) is 11.9 Å². The van der Waals surface area contributed by atoms with E-state index in [1.165, 1.54) is 32.1 Å². The summed E-state index contributed by atoms with van der Waals surface area (Å²) in [5.41, 5.74) is 0. The van der Waals surface area contributed by atoms with Gasteiger partial charge in [-0.3, -0.25) is 14.5 Å². The first kappa shape index (κ1) is 20.2. The number of rotatable bonds is 7. The van der Waals surface area contributed by atoms with E-state index < -0.39 is 5.97 Å². The Labute approximate surface area is 152 Å². The highest BCUT2D eigenvalue weighted by molar-refractivity contribution is 5.79. The lowest BCUT2D eigenvalue weighted by Crippen LogP contribution is -2.40. The summed E-state index contributed by atoms with van der Waals surface area (Å²) in [7, 11) is 1.88. The molecule has 1 aliphatic heterocycles. The van der Waals surface area contributed by atoms with E-state index in [0.29, 0.717) is 5.91 Å². The molecule has 0 bridgehead atoms. The predicted octanol–water partition coefficient (Wildman–Crippen LogP) is 3.38. The third-order valence-corrected chi connectivity index (χ3v) is 6.18. The molecule has 0 spiro atoms. The minimum atomic E-state index is -0.778. The van der Waals surface area contributed by atoms with E-state index in [4.69, 9.17) is 5.11 Å². The van der Waals surface area contributed by atoms with Crippen LogP contribution in [0.2, 0.25) is 0 Å². The van der Waals surface area contributed by atoms with Crippen molar-refractivity contribution < 1.29 is 14.7 Å². The average molecular weight is 353 g/mol. The van der Waals surface area contributed by atoms with Crippen molar-refractivity contribution in [2.75, 3.05) is 26.7 Å². The summed E-state index contributed by atoms with van der Waals surface area (Å²) in [6.07, 6.45) is 11.3. The fourth-order valence-corrected chi connectivity index (χ4v) is 4.53. The monoisotopic (exact) mass is 352 g/mol. The highest BCUT2D eigenvalue weighted by Crippen LogP contribution is 2.33. The summed E-state index contributed by atoms with van der Waals surface area (Å²) in [5, 5.41) is 8.96. The quantitative estimate of drug-likeness (QED) is 0.763. The smallest absolute Gasteiger partial charge is 0.317 e. The van der Waals surface area contributed by atoms with Gasteiger partial charge in [0.25, 0.3) is 0 Å². The Balaban J connectivity index is 1.78. The van der Waals surface area contributed by atoms with Gasteiger partial charge in [-0.05, 0) is 57.9 Å². The molecule has 1 N–H and O–H groups in total. The molecule has 2 fully saturated rings. The van der Waals surface area contributed by atoms with E-state index in [-0.39, 0.29) is 18.5 Å². The second-order valence-corrected chi connectivity index (χ2v) is 8.08. The van der Waals surface area contributed by atoms with Crippen LogP contribution in [0, 0.1) is 11.8 Å². The van der Waals surface area contributed by atoms with Gasteiger partial charge in [0, 0.05) is 25.0 Å². The summed E-state index contributed by atoms with van der Waals surface area (Å²) in [6, 6.07) is 0.277. The molecule has 1 amide bonds. The van der Waals surface area contributed by atoms with Crippen LogP contribution in [0.5, 0.6) is 0 Å². The molecule has 5 heteroatoms. The number of amides is 1. The van der Waals surface area contributed by atoms with Crippen molar-refractivity contribution in [1.29, 1.82) is 0 Å². The first-order chi connectivity index (χ1) is 12.0. The highest BCUT2D eigenvalue weighted by atomic mass is 16.4. The molecule has 1 aliphatic carbocycles. The number of carboxylic acids is 1. The predicted molar refractivity (Wildman–Crippen MR) is 99.5 cm³/mol. The minimum Gasteiger partial charge on any atom is -0.480 e. The van der Waals surface area contributed by atoms with Crippen LogP contribution in [0.4, 0.5) is 0 Å². The number of carboxylic acid groups (broad SMARTS) is 1. The van der Waals surface area contributed by atoms with Crippen LogP contribution in [-0.4, -0.2) is 59.5 Å². The van der Waals surface area contributed by atoms with Crippen LogP contribution in [0.1, 0.15) is 71.1 Å². The summed E-state index contributed by atoms with van der Waals surface area (Å²) >= 11 is 0. The van der Waals surface area contributed by atoms with Crippen molar-refractivity contribution in [3.63, 3.8) is 0 Å². The fraction of sp³-hybridized carbons (Fsp3) is 0.900. The molecule has 1 saturated heterocycles. The molecule has 0 aromatic carbocycles. The maximum atomic E-state index is 12.9. The Hall–Kier alpha value is -1.10. The van der Waals surface area contributed by atoms with Crippen molar-refractivity contribution in [2.24, 2.45) is 11.8 Å². The van der Waals surface area contributed by atoms with Crippen LogP contribution in [0.25, 0.3) is 0 Å². The lowest BCUT2D eigenvalue weighted by Gasteiger charge is -2.32. The first-order valence-electron chi connectivity index (χ1n) is 10.2. The van der Waals surface area contributed by atoms with Gasteiger partial charge in [0.2, 0.25) is 5.91 Å². The Kier molecular flexibility index (Phi) is 8.20. The van der Waals surface area contributed by atoms with Gasteiger partial charge in [0.05, 0.1) is 6.54 Å². The Morgan fingerprint density at radius 3 is 2.44 bits per heavy atom. The van der Waals surface area contributed by atoms with Crippen molar-refractivity contribution in [1.82, 2.24) is 9.80 Å². The lowest BCUT2D eigenvalue weighted by molar-refractivity contribution is -0.139. The Morgan fingerprint density at radius 1 is 1.08 bits per heavy atom. The van der Waals surface area contributed by atoms with Gasteiger partial charge in [-0.2, -0.15) is 0 Å². The number of likely N-dealkylation sites (N-methyl/N-ethyl adjacent to an activating group) is 1. The zero-order valence-electron chi connectivity index (χ0n) is 16.1. The molecule has 0 aromatic heterocycles. The Morgan fingerprint density at radius 2 is 1.80 bits per heavy atom. The molecule has 2 rings (SSSR count). The maximum absolute atomic E-state index is 12.9. The number of aliphatic carboxylic acids is 1. The molecular formula is C20H36N2O3. The molecule has 5 nitrogen and oxygen atoms in total. The van der Waals surface area contributed by atoms with Crippen molar-refractivity contribution in [3.05, 3.63) is 0 Å². The normalized spacial score (nSPS) is 28.0. The number of carbonyl (C=O) groups is 2. The third kappa shape index (κ3) is 6.28. The SMILES string of the molecule is CCCCC1CCC(C(=O)N2CCCC(N(C)CC(=O)O)CC2)CC1. The van der Waals surface area contributed by atoms with Crippen molar-refractivity contribution >= 4 is 11.9 Å². The van der Waals surface area contributed by atoms with Crippen LogP contribution in [0.15, 0.2) is 0 Å². The van der Waals surface area contributed by atoms with Crippen LogP contribution < -0.4 is 0 Å². The molecule has 1 heterocycles. The fourth-order valence-electron chi connectivity index (χ4n) is 4.53.